The molecule has 2 aliphatic rings. The van der Waals surface area contributed by atoms with Gasteiger partial charge in [0.2, 0.25) is 0 Å². The molecule has 0 spiro atoms. The summed E-state index contributed by atoms with van der Waals surface area (Å²) in [7, 11) is 0. The molecule has 0 aromatic heterocycles. The molecule has 3 heteroatoms. The molecule has 0 radical (unpaired) electrons. The van der Waals surface area contributed by atoms with Crippen molar-refractivity contribution in [3.8, 4) is 5.75 Å². The Hall–Kier alpha value is -3.20. The molecule has 2 aliphatic carbocycles. The topological polar surface area (TPSA) is 61.3 Å². The molecule has 224 valence electrons. The number of nitrogen functional groups attached to an aromatic ring is 2. The Morgan fingerprint density at radius 3 is 1.52 bits per heavy atom. The van der Waals surface area contributed by atoms with Crippen LogP contribution in [0.25, 0.3) is 0 Å². The summed E-state index contributed by atoms with van der Waals surface area (Å²) in [5.41, 5.74) is 19.0. The van der Waals surface area contributed by atoms with Gasteiger partial charge in [-0.3, -0.25) is 0 Å². The third kappa shape index (κ3) is 8.90. The van der Waals surface area contributed by atoms with Gasteiger partial charge in [0.25, 0.3) is 0 Å². The van der Waals surface area contributed by atoms with Gasteiger partial charge in [-0.15, -0.1) is 0 Å². The molecule has 2 saturated carbocycles. The van der Waals surface area contributed by atoms with Crippen LogP contribution in [0.4, 0.5) is 11.4 Å². The maximum Gasteiger partial charge on any atom is 0.123 e. The van der Waals surface area contributed by atoms with Gasteiger partial charge in [-0.05, 0) is 129 Å². The first-order chi connectivity index (χ1) is 20.6. The molecule has 0 amide bonds. The van der Waals surface area contributed by atoms with E-state index in [1.807, 2.05) is 12.1 Å². The Bertz CT molecular complexity index is 1230. The third-order valence-corrected chi connectivity index (χ3v) is 9.75. The lowest BCUT2D eigenvalue weighted by Gasteiger charge is -2.29. The first-order valence-electron chi connectivity index (χ1n) is 16.7. The minimum Gasteiger partial charge on any atom is -0.493 e. The summed E-state index contributed by atoms with van der Waals surface area (Å²) in [6.45, 7) is 2.94. The fourth-order valence-corrected chi connectivity index (χ4v) is 7.09. The van der Waals surface area contributed by atoms with Crippen molar-refractivity contribution >= 4 is 11.4 Å². The number of allylic oxidation sites excluding steroid dienone is 2. The fraction of sp³-hybridized carbons (Fsp3) is 0.487. The smallest absolute Gasteiger partial charge is 0.123 e. The zero-order chi connectivity index (χ0) is 29.1. The maximum absolute atomic E-state index is 5.85. The molecule has 0 saturated heterocycles. The lowest BCUT2D eigenvalue weighted by molar-refractivity contribution is 0.311. The van der Waals surface area contributed by atoms with E-state index in [-0.39, 0.29) is 0 Å². The molecule has 42 heavy (non-hydrogen) atoms. The highest BCUT2D eigenvalue weighted by atomic mass is 16.5. The summed E-state index contributed by atoms with van der Waals surface area (Å²) in [6, 6.07) is 24.3. The molecule has 0 atom stereocenters. The second-order valence-corrected chi connectivity index (χ2v) is 13.0. The molecular formula is C39H52N2O. The molecule has 3 aromatic carbocycles. The molecule has 5 rings (SSSR count). The average Bonchev–Trinajstić information content (AvgIpc) is 3.02. The van der Waals surface area contributed by atoms with E-state index in [0.717, 1.165) is 36.3 Å². The summed E-state index contributed by atoms with van der Waals surface area (Å²) < 4.78 is 5.85. The summed E-state index contributed by atoms with van der Waals surface area (Å²) in [5, 5.41) is 0. The highest BCUT2D eigenvalue weighted by Crippen LogP contribution is 2.39. The lowest BCUT2D eigenvalue weighted by atomic mass is 9.76. The van der Waals surface area contributed by atoms with Gasteiger partial charge < -0.3 is 16.2 Å². The predicted octanol–water partition coefficient (Wildman–Crippen LogP) is 10.0. The van der Waals surface area contributed by atoms with Crippen LogP contribution in [-0.4, -0.2) is 6.61 Å². The Labute approximate surface area is 254 Å². The van der Waals surface area contributed by atoms with E-state index in [1.165, 1.54) is 87.3 Å². The molecule has 0 aliphatic heterocycles. The predicted molar refractivity (Wildman–Crippen MR) is 179 cm³/mol. The van der Waals surface area contributed by atoms with E-state index in [2.05, 4.69) is 67.6 Å². The monoisotopic (exact) mass is 564 g/mol. The van der Waals surface area contributed by atoms with Crippen LogP contribution in [0, 0.1) is 11.8 Å². The van der Waals surface area contributed by atoms with E-state index >= 15 is 0 Å². The molecule has 2 fully saturated rings. The van der Waals surface area contributed by atoms with Crippen LogP contribution in [0.3, 0.4) is 0 Å². The number of aryl methyl sites for hydroxylation is 2. The van der Waals surface area contributed by atoms with E-state index in [9.17, 15) is 0 Å². The van der Waals surface area contributed by atoms with Gasteiger partial charge in [0.05, 0.1) is 6.61 Å². The number of unbranched alkanes of at least 4 members (excludes halogenated alkanes) is 1. The Morgan fingerprint density at radius 1 is 0.619 bits per heavy atom. The highest BCUT2D eigenvalue weighted by Gasteiger charge is 2.23. The molecular weight excluding hydrogens is 512 g/mol. The van der Waals surface area contributed by atoms with E-state index in [4.69, 9.17) is 16.2 Å². The van der Waals surface area contributed by atoms with Crippen molar-refractivity contribution in [3.05, 3.63) is 101 Å². The second kappa shape index (κ2) is 15.3. The van der Waals surface area contributed by atoms with Gasteiger partial charge in [0, 0.05) is 23.5 Å². The Kier molecular flexibility index (Phi) is 11.0. The molecule has 3 nitrogen and oxygen atoms in total. The standard InChI is InChI=1S/C39H52N2O/c1-2-3-5-29-9-17-33(18-10-29)35-21-13-31(14-22-35)7-8-32-15-23-36(24-16-32)34-19-11-30(12-20-34)6-4-25-42-39-27-37(40)26-38(41)28-39/h7-12,17-20,26-28,31-32,35-36H,2-6,13-16,21-25,40-41H2,1H3/b8-7+. The minimum absolute atomic E-state index is 0.642. The Morgan fingerprint density at radius 2 is 1.07 bits per heavy atom. The van der Waals surface area contributed by atoms with Gasteiger partial charge in [-0.2, -0.15) is 0 Å². The quantitative estimate of drug-likeness (QED) is 0.131. The summed E-state index contributed by atoms with van der Waals surface area (Å²) in [4.78, 5) is 0. The maximum atomic E-state index is 5.85. The van der Waals surface area contributed by atoms with Gasteiger partial charge in [0.15, 0.2) is 0 Å². The lowest BCUT2D eigenvalue weighted by Crippen LogP contribution is -2.14. The molecule has 0 unspecified atom stereocenters. The van der Waals surface area contributed by atoms with Crippen molar-refractivity contribution in [2.75, 3.05) is 18.1 Å². The number of benzene rings is 3. The average molecular weight is 565 g/mol. The largest absolute Gasteiger partial charge is 0.493 e. The van der Waals surface area contributed by atoms with Crippen molar-refractivity contribution < 1.29 is 4.74 Å². The van der Waals surface area contributed by atoms with Crippen molar-refractivity contribution in [2.24, 2.45) is 11.8 Å². The van der Waals surface area contributed by atoms with Crippen LogP contribution in [0.5, 0.6) is 5.75 Å². The number of hydrogen-bond acceptors (Lipinski definition) is 3. The summed E-state index contributed by atoms with van der Waals surface area (Å²) in [5.74, 6) is 3.78. The van der Waals surface area contributed by atoms with Crippen LogP contribution in [0.1, 0.15) is 112 Å². The van der Waals surface area contributed by atoms with Crippen LogP contribution < -0.4 is 16.2 Å². The number of nitrogens with two attached hydrogens (primary N) is 2. The number of rotatable bonds is 12. The Balaban J connectivity index is 0.986. The van der Waals surface area contributed by atoms with Crippen molar-refractivity contribution in [1.82, 2.24) is 0 Å². The number of anilines is 2. The van der Waals surface area contributed by atoms with Crippen LogP contribution in [0.15, 0.2) is 78.9 Å². The number of ether oxygens (including phenoxy) is 1. The van der Waals surface area contributed by atoms with Crippen LogP contribution in [0.2, 0.25) is 0 Å². The minimum atomic E-state index is 0.642. The van der Waals surface area contributed by atoms with Crippen molar-refractivity contribution in [1.29, 1.82) is 0 Å². The normalized spacial score (nSPS) is 22.8. The highest BCUT2D eigenvalue weighted by molar-refractivity contribution is 5.56. The number of hydrogen-bond donors (Lipinski definition) is 2. The summed E-state index contributed by atoms with van der Waals surface area (Å²) in [6.07, 6.45) is 21.6. The first-order valence-corrected chi connectivity index (χ1v) is 16.7. The van der Waals surface area contributed by atoms with E-state index in [0.29, 0.717) is 23.9 Å². The first kappa shape index (κ1) is 30.3. The SMILES string of the molecule is CCCCc1ccc(C2CCC(/C=C/C3CCC(c4ccc(CCCOc5cc(N)cc(N)c5)cc4)CC3)CC2)cc1. The van der Waals surface area contributed by atoms with Crippen molar-refractivity contribution in [2.45, 2.75) is 102 Å². The zero-order valence-electron chi connectivity index (χ0n) is 25.8. The molecule has 3 aromatic rings. The molecule has 0 heterocycles. The van der Waals surface area contributed by atoms with Gasteiger partial charge in [-0.1, -0.05) is 74.0 Å². The van der Waals surface area contributed by atoms with Gasteiger partial charge >= 0.3 is 0 Å². The molecule has 4 N–H and O–H groups in total. The van der Waals surface area contributed by atoms with Crippen molar-refractivity contribution in [3.63, 3.8) is 0 Å². The van der Waals surface area contributed by atoms with Crippen LogP contribution in [-0.2, 0) is 12.8 Å². The van der Waals surface area contributed by atoms with E-state index < -0.39 is 0 Å². The molecule has 0 bridgehead atoms. The summed E-state index contributed by atoms with van der Waals surface area (Å²) >= 11 is 0. The van der Waals surface area contributed by atoms with E-state index in [1.54, 1.807) is 11.6 Å². The zero-order valence-corrected chi connectivity index (χ0v) is 25.8. The second-order valence-electron chi connectivity index (χ2n) is 13.0. The van der Waals surface area contributed by atoms with Gasteiger partial charge in [0.1, 0.15) is 5.75 Å². The third-order valence-electron chi connectivity index (χ3n) is 9.75. The van der Waals surface area contributed by atoms with Gasteiger partial charge in [-0.25, -0.2) is 0 Å². The fourth-order valence-electron chi connectivity index (χ4n) is 7.09. The van der Waals surface area contributed by atoms with Crippen LogP contribution >= 0.6 is 0 Å².